The molecule has 0 radical (unpaired) electrons. The Kier molecular flexibility index (Phi) is 10.1. The van der Waals surface area contributed by atoms with Gasteiger partial charge in [-0.25, -0.2) is 0 Å². The van der Waals surface area contributed by atoms with E-state index < -0.39 is 79.0 Å². The molecular formula is C17H23F3N2O9S. The van der Waals surface area contributed by atoms with Crippen LogP contribution in [0.1, 0.15) is 27.7 Å². The summed E-state index contributed by atoms with van der Waals surface area (Å²) in [5, 5.41) is 3.80. The van der Waals surface area contributed by atoms with Gasteiger partial charge in [-0.05, 0) is 12.2 Å². The van der Waals surface area contributed by atoms with Crippen molar-refractivity contribution in [3.05, 3.63) is 0 Å². The Morgan fingerprint density at radius 3 is 1.91 bits per heavy atom. The van der Waals surface area contributed by atoms with Crippen molar-refractivity contribution in [2.45, 2.75) is 64.5 Å². The molecular weight excluding hydrogens is 465 g/mol. The molecule has 0 bridgehead atoms. The van der Waals surface area contributed by atoms with Crippen molar-refractivity contribution in [2.24, 2.45) is 0 Å². The van der Waals surface area contributed by atoms with E-state index in [1.165, 1.54) is 0 Å². The van der Waals surface area contributed by atoms with Crippen LogP contribution in [0.5, 0.6) is 0 Å². The van der Waals surface area contributed by atoms with Crippen LogP contribution < -0.4 is 10.6 Å². The van der Waals surface area contributed by atoms with Crippen molar-refractivity contribution < 1.29 is 56.0 Å². The van der Waals surface area contributed by atoms with Crippen LogP contribution in [-0.4, -0.2) is 79.0 Å². The molecule has 1 fully saturated rings. The maximum absolute atomic E-state index is 12.5. The lowest BCUT2D eigenvalue weighted by molar-refractivity contribution is -0.269. The number of esters is 4. The molecule has 0 aliphatic carbocycles. The molecule has 5 atom stereocenters. The van der Waals surface area contributed by atoms with Crippen LogP contribution in [0.4, 0.5) is 13.2 Å². The van der Waals surface area contributed by atoms with Gasteiger partial charge in [-0.15, -0.1) is 0 Å². The third-order valence-corrected chi connectivity index (χ3v) is 3.99. The van der Waals surface area contributed by atoms with Gasteiger partial charge < -0.3 is 34.3 Å². The smallest absolute Gasteiger partial charge is 0.405 e. The van der Waals surface area contributed by atoms with Crippen LogP contribution in [0, 0.1) is 0 Å². The van der Waals surface area contributed by atoms with E-state index in [9.17, 15) is 32.3 Å². The average Bonchev–Trinajstić information content (AvgIpc) is 2.61. The number of thiocarbonyl (C=S) groups is 1. The van der Waals surface area contributed by atoms with E-state index in [-0.39, 0.29) is 0 Å². The second-order valence-electron chi connectivity index (χ2n) is 6.57. The van der Waals surface area contributed by atoms with Crippen molar-refractivity contribution in [1.29, 1.82) is 0 Å². The van der Waals surface area contributed by atoms with Gasteiger partial charge >= 0.3 is 30.1 Å². The lowest BCUT2D eigenvalue weighted by atomic mass is 9.96. The zero-order valence-electron chi connectivity index (χ0n) is 17.5. The van der Waals surface area contributed by atoms with E-state index in [0.717, 1.165) is 27.7 Å². The lowest BCUT2D eigenvalue weighted by Gasteiger charge is -2.44. The van der Waals surface area contributed by atoms with Gasteiger partial charge in [-0.1, -0.05) is 0 Å². The first-order valence-electron chi connectivity index (χ1n) is 9.11. The first-order chi connectivity index (χ1) is 14.7. The SMILES string of the molecule is CC(=O)OC[C@H]1O[C@@H](OC(C)=O)[C@H](NC(=S)NCC(F)(F)F)[C@@H](OC(C)=O)[C@@H]1OC(C)=O. The zero-order chi connectivity index (χ0) is 24.6. The summed E-state index contributed by atoms with van der Waals surface area (Å²) >= 11 is 4.84. The summed E-state index contributed by atoms with van der Waals surface area (Å²) in [5.41, 5.74) is 0. The Balaban J connectivity index is 3.28. The van der Waals surface area contributed by atoms with Crippen LogP contribution in [0.3, 0.4) is 0 Å². The van der Waals surface area contributed by atoms with Crippen LogP contribution >= 0.6 is 12.2 Å². The highest BCUT2D eigenvalue weighted by Crippen LogP contribution is 2.28. The Labute approximate surface area is 186 Å². The van der Waals surface area contributed by atoms with Crippen LogP contribution in [0.25, 0.3) is 0 Å². The number of rotatable bonds is 7. The molecule has 1 aliphatic rings. The number of hydrogen-bond acceptors (Lipinski definition) is 10. The fourth-order valence-corrected chi connectivity index (χ4v) is 2.91. The minimum atomic E-state index is -4.59. The van der Waals surface area contributed by atoms with E-state index in [0.29, 0.717) is 0 Å². The van der Waals surface area contributed by atoms with E-state index in [2.05, 4.69) is 5.32 Å². The summed E-state index contributed by atoms with van der Waals surface area (Å²) < 4.78 is 63.3. The molecule has 0 aromatic rings. The summed E-state index contributed by atoms with van der Waals surface area (Å²) in [4.78, 5) is 46.1. The van der Waals surface area contributed by atoms with Crippen molar-refractivity contribution in [1.82, 2.24) is 10.6 Å². The minimum absolute atomic E-state index is 0.480. The molecule has 0 unspecified atom stereocenters. The lowest BCUT2D eigenvalue weighted by Crippen LogP contribution is -2.67. The Bertz CT molecular complexity index is 735. The second-order valence-corrected chi connectivity index (χ2v) is 6.98. The third-order valence-electron chi connectivity index (χ3n) is 3.73. The molecule has 1 aliphatic heterocycles. The molecule has 0 amide bonds. The monoisotopic (exact) mass is 488 g/mol. The standard InChI is InChI=1S/C17H23F3N2O9S/c1-7(23)27-5-11-13(28-8(2)24)14(29-9(3)25)12(15(31-11)30-10(4)26)22-16(32)21-6-17(18,19)20/h11-15H,5-6H2,1-4H3,(H2,21,22,32)/t11-,12-,13-,14-,15-/m1/s1. The molecule has 0 spiro atoms. The number of halogens is 3. The first-order valence-corrected chi connectivity index (χ1v) is 9.52. The summed E-state index contributed by atoms with van der Waals surface area (Å²) in [5.74, 6) is -3.25. The molecule has 1 saturated heterocycles. The number of alkyl halides is 3. The van der Waals surface area contributed by atoms with Gasteiger partial charge in [0.1, 0.15) is 25.3 Å². The van der Waals surface area contributed by atoms with Crippen molar-refractivity contribution in [3.63, 3.8) is 0 Å². The van der Waals surface area contributed by atoms with Crippen molar-refractivity contribution >= 4 is 41.2 Å². The highest BCUT2D eigenvalue weighted by Gasteiger charge is 2.52. The predicted octanol–water partition coefficient (Wildman–Crippen LogP) is 0.0959. The van der Waals surface area contributed by atoms with Gasteiger partial charge in [0.25, 0.3) is 0 Å². The maximum atomic E-state index is 12.5. The average molecular weight is 488 g/mol. The number of carbonyl (C=O) groups is 4. The van der Waals surface area contributed by atoms with Gasteiger partial charge in [-0.3, -0.25) is 19.2 Å². The number of hydrogen-bond donors (Lipinski definition) is 2. The molecule has 0 aromatic heterocycles. The maximum Gasteiger partial charge on any atom is 0.405 e. The number of ether oxygens (including phenoxy) is 5. The fourth-order valence-electron chi connectivity index (χ4n) is 2.70. The normalized spacial score (nSPS) is 25.2. The molecule has 0 saturated carbocycles. The summed E-state index contributed by atoms with van der Waals surface area (Å²) in [7, 11) is 0. The van der Waals surface area contributed by atoms with Crippen LogP contribution in [0.15, 0.2) is 0 Å². The summed E-state index contributed by atoms with van der Waals surface area (Å²) in [6, 6.07) is -1.39. The van der Waals surface area contributed by atoms with Gasteiger partial charge in [-0.2, -0.15) is 13.2 Å². The van der Waals surface area contributed by atoms with Crippen molar-refractivity contribution in [3.8, 4) is 0 Å². The molecule has 1 heterocycles. The Morgan fingerprint density at radius 1 is 0.906 bits per heavy atom. The molecule has 2 N–H and O–H groups in total. The predicted molar refractivity (Wildman–Crippen MR) is 102 cm³/mol. The molecule has 182 valence electrons. The van der Waals surface area contributed by atoms with Gasteiger partial charge in [0.05, 0.1) is 0 Å². The number of nitrogens with one attached hydrogen (secondary N) is 2. The summed E-state index contributed by atoms with van der Waals surface area (Å²) in [6.07, 6.45) is -10.3. The topological polar surface area (TPSA) is 138 Å². The fraction of sp³-hybridized carbons (Fsp3) is 0.706. The molecule has 32 heavy (non-hydrogen) atoms. The highest BCUT2D eigenvalue weighted by molar-refractivity contribution is 7.80. The van der Waals surface area contributed by atoms with Crippen LogP contribution in [-0.2, 0) is 42.9 Å². The molecule has 1 rings (SSSR count). The largest absolute Gasteiger partial charge is 0.463 e. The first kappa shape index (κ1) is 27.4. The molecule has 15 heteroatoms. The highest BCUT2D eigenvalue weighted by atomic mass is 32.1. The van der Waals surface area contributed by atoms with Gasteiger partial charge in [0.15, 0.2) is 17.3 Å². The Hall–Kier alpha value is -2.68. The zero-order valence-corrected chi connectivity index (χ0v) is 18.3. The third kappa shape index (κ3) is 9.64. The van der Waals surface area contributed by atoms with Crippen molar-refractivity contribution in [2.75, 3.05) is 13.2 Å². The van der Waals surface area contributed by atoms with Gasteiger partial charge in [0, 0.05) is 27.7 Å². The van der Waals surface area contributed by atoms with Gasteiger partial charge in [0.2, 0.25) is 6.29 Å². The van der Waals surface area contributed by atoms with E-state index in [4.69, 9.17) is 35.9 Å². The van der Waals surface area contributed by atoms with Crippen LogP contribution in [0.2, 0.25) is 0 Å². The molecule has 11 nitrogen and oxygen atoms in total. The van der Waals surface area contributed by atoms with E-state index >= 15 is 0 Å². The number of carbonyl (C=O) groups excluding carboxylic acids is 4. The molecule has 0 aromatic carbocycles. The minimum Gasteiger partial charge on any atom is -0.463 e. The quantitative estimate of drug-likeness (QED) is 0.285. The second kappa shape index (κ2) is 11.8. The Morgan fingerprint density at radius 2 is 1.44 bits per heavy atom. The van der Waals surface area contributed by atoms with E-state index in [1.807, 2.05) is 5.32 Å². The van der Waals surface area contributed by atoms with E-state index in [1.54, 1.807) is 0 Å². The summed E-state index contributed by atoms with van der Waals surface area (Å²) in [6.45, 7) is 2.24.